The number of nitrogens with one attached hydrogen (secondary N) is 1. The van der Waals surface area contributed by atoms with Crippen molar-refractivity contribution < 1.29 is 22.7 Å². The van der Waals surface area contributed by atoms with Crippen LogP contribution in [0.3, 0.4) is 0 Å². The van der Waals surface area contributed by atoms with Crippen LogP contribution >= 0.6 is 0 Å². The molecule has 0 radical (unpaired) electrons. The van der Waals surface area contributed by atoms with Crippen LogP contribution < -0.4 is 10.5 Å². The quantitative estimate of drug-likeness (QED) is 0.744. The average molecular weight is 392 g/mol. The van der Waals surface area contributed by atoms with E-state index in [1.165, 1.54) is 37.5 Å². The van der Waals surface area contributed by atoms with Crippen LogP contribution in [-0.2, 0) is 24.3 Å². The summed E-state index contributed by atoms with van der Waals surface area (Å²) in [6.07, 6.45) is 6.34. The van der Waals surface area contributed by atoms with Gasteiger partial charge in [0.1, 0.15) is 0 Å². The van der Waals surface area contributed by atoms with Crippen molar-refractivity contribution in [3.63, 3.8) is 0 Å². The molecule has 7 nitrogen and oxygen atoms in total. The number of primary sulfonamides is 1. The second-order valence-corrected chi connectivity index (χ2v) is 9.96. The van der Waals surface area contributed by atoms with Crippen LogP contribution in [0.5, 0.6) is 0 Å². The van der Waals surface area contributed by atoms with Crippen molar-refractivity contribution in [1.82, 2.24) is 0 Å². The predicted octanol–water partition coefficient (Wildman–Crippen LogP) is 2.03. The number of nitrogens with two attached hydrogens (primary N) is 1. The molecule has 8 heteroatoms. The summed E-state index contributed by atoms with van der Waals surface area (Å²) in [4.78, 5) is 24.8. The zero-order valence-electron chi connectivity index (χ0n) is 15.0. The predicted molar refractivity (Wildman–Crippen MR) is 98.0 cm³/mol. The minimum atomic E-state index is -3.85. The molecule has 1 amide bonds. The molecule has 0 aliphatic heterocycles. The molecule has 1 aromatic carbocycles. The number of carbonyl (C=O) groups excluding carboxylic acids is 2. The monoisotopic (exact) mass is 392 g/mol. The molecule has 0 saturated heterocycles. The van der Waals surface area contributed by atoms with Gasteiger partial charge in [-0.25, -0.2) is 13.6 Å². The van der Waals surface area contributed by atoms with Crippen LogP contribution in [0.4, 0.5) is 5.69 Å². The summed E-state index contributed by atoms with van der Waals surface area (Å²) in [6, 6.07) is 5.65. The van der Waals surface area contributed by atoms with Gasteiger partial charge < -0.3 is 10.1 Å². The molecule has 0 unspecified atom stereocenters. The summed E-state index contributed by atoms with van der Waals surface area (Å²) in [5.74, 6) is 1.12. The Hall–Kier alpha value is -1.93. The van der Waals surface area contributed by atoms with Crippen molar-refractivity contribution in [2.75, 3.05) is 11.9 Å². The summed E-state index contributed by atoms with van der Waals surface area (Å²) >= 11 is 0. The second-order valence-electron chi connectivity index (χ2n) is 8.40. The lowest BCUT2D eigenvalue weighted by Gasteiger charge is -2.55. The number of carbonyl (C=O) groups is 2. The van der Waals surface area contributed by atoms with Gasteiger partial charge >= 0.3 is 5.97 Å². The lowest BCUT2D eigenvalue weighted by molar-refractivity contribution is -0.172. The molecule has 146 valence electrons. The van der Waals surface area contributed by atoms with E-state index in [1.54, 1.807) is 6.07 Å². The molecular weight excluding hydrogens is 368 g/mol. The van der Waals surface area contributed by atoms with Crippen LogP contribution in [0, 0.1) is 23.2 Å². The van der Waals surface area contributed by atoms with E-state index in [0.717, 1.165) is 19.3 Å². The first kappa shape index (κ1) is 18.4. The number of benzene rings is 1. The minimum absolute atomic E-state index is 0.0918. The number of hydrogen-bond donors (Lipinski definition) is 2. The third-order valence-corrected chi connectivity index (χ3v) is 7.16. The fourth-order valence-electron chi connectivity index (χ4n) is 5.59. The molecule has 0 atom stereocenters. The van der Waals surface area contributed by atoms with Gasteiger partial charge in [0.2, 0.25) is 10.0 Å². The van der Waals surface area contributed by atoms with Crippen LogP contribution in [0.1, 0.15) is 38.5 Å². The van der Waals surface area contributed by atoms with E-state index in [1.807, 2.05) is 0 Å². The second kappa shape index (κ2) is 6.60. The van der Waals surface area contributed by atoms with E-state index in [2.05, 4.69) is 5.32 Å². The third kappa shape index (κ3) is 3.73. The SMILES string of the molecule is NS(=O)(=O)c1cccc(NC(=O)COC(=O)C23CC4CC(CC(C4)C2)C3)c1. The zero-order valence-corrected chi connectivity index (χ0v) is 15.8. The molecular formula is C19H24N2O5S. The fourth-order valence-corrected chi connectivity index (χ4v) is 6.15. The van der Waals surface area contributed by atoms with Gasteiger partial charge in [-0.15, -0.1) is 0 Å². The Morgan fingerprint density at radius 2 is 1.70 bits per heavy atom. The normalized spacial score (nSPS) is 31.5. The highest BCUT2D eigenvalue weighted by molar-refractivity contribution is 7.89. The van der Waals surface area contributed by atoms with Gasteiger partial charge in [-0.2, -0.15) is 0 Å². The molecule has 3 N–H and O–H groups in total. The van der Waals surface area contributed by atoms with Crippen molar-refractivity contribution in [2.24, 2.45) is 28.3 Å². The van der Waals surface area contributed by atoms with Gasteiger partial charge in [-0.1, -0.05) is 6.07 Å². The number of sulfonamides is 1. The number of anilines is 1. The number of ether oxygens (including phenoxy) is 1. The van der Waals surface area contributed by atoms with Gasteiger partial charge in [0.05, 0.1) is 10.3 Å². The first-order valence-corrected chi connectivity index (χ1v) is 10.9. The smallest absolute Gasteiger partial charge is 0.312 e. The van der Waals surface area contributed by atoms with Crippen LogP contribution in [0.25, 0.3) is 0 Å². The lowest BCUT2D eigenvalue weighted by atomic mass is 9.49. The highest BCUT2D eigenvalue weighted by atomic mass is 32.2. The molecule has 5 rings (SSSR count). The molecule has 0 spiro atoms. The zero-order chi connectivity index (χ0) is 19.2. The molecule has 4 bridgehead atoms. The summed E-state index contributed by atoms with van der Waals surface area (Å²) < 4.78 is 28.1. The van der Waals surface area contributed by atoms with Crippen LogP contribution in [-0.4, -0.2) is 26.9 Å². The molecule has 4 aliphatic rings. The van der Waals surface area contributed by atoms with Gasteiger partial charge in [0, 0.05) is 5.69 Å². The summed E-state index contributed by atoms with van der Waals surface area (Å²) in [6.45, 7) is -0.375. The largest absolute Gasteiger partial charge is 0.455 e. The van der Waals surface area contributed by atoms with Crippen molar-refractivity contribution >= 4 is 27.6 Å². The van der Waals surface area contributed by atoms with Crippen molar-refractivity contribution in [2.45, 2.75) is 43.4 Å². The first-order chi connectivity index (χ1) is 12.7. The average Bonchev–Trinajstić information content (AvgIpc) is 2.58. The Bertz CT molecular complexity index is 845. The summed E-state index contributed by atoms with van der Waals surface area (Å²) in [5.41, 5.74) is -0.111. The number of rotatable bonds is 5. The van der Waals surface area contributed by atoms with E-state index in [4.69, 9.17) is 9.88 Å². The molecule has 27 heavy (non-hydrogen) atoms. The van der Waals surface area contributed by atoms with E-state index >= 15 is 0 Å². The lowest BCUT2D eigenvalue weighted by Crippen LogP contribution is -2.50. The van der Waals surface area contributed by atoms with Gasteiger partial charge in [0.25, 0.3) is 5.91 Å². The molecule has 4 aliphatic carbocycles. The number of hydrogen-bond acceptors (Lipinski definition) is 5. The van der Waals surface area contributed by atoms with E-state index in [9.17, 15) is 18.0 Å². The highest BCUT2D eigenvalue weighted by Gasteiger charge is 2.55. The fraction of sp³-hybridized carbons (Fsp3) is 0.579. The maximum atomic E-state index is 12.7. The topological polar surface area (TPSA) is 116 Å². The summed E-state index contributed by atoms with van der Waals surface area (Å²) in [7, 11) is -3.85. The molecule has 4 saturated carbocycles. The first-order valence-electron chi connectivity index (χ1n) is 9.33. The van der Waals surface area contributed by atoms with Crippen molar-refractivity contribution in [1.29, 1.82) is 0 Å². The molecule has 4 fully saturated rings. The Morgan fingerprint density at radius 3 is 2.26 bits per heavy atom. The van der Waals surface area contributed by atoms with Gasteiger partial charge in [0.15, 0.2) is 6.61 Å². The maximum Gasteiger partial charge on any atom is 0.312 e. The Balaban J connectivity index is 1.35. The van der Waals surface area contributed by atoms with Gasteiger partial charge in [-0.3, -0.25) is 9.59 Å². The Kier molecular flexibility index (Phi) is 4.50. The standard InChI is InChI=1S/C19H24N2O5S/c20-27(24,25)16-3-1-2-15(7-16)21-17(22)11-26-18(23)19-8-12-4-13(9-19)6-14(5-12)10-19/h1-3,7,12-14H,4-6,8-11H2,(H,21,22)(H2,20,24,25). The highest BCUT2D eigenvalue weighted by Crippen LogP contribution is 2.60. The van der Waals surface area contributed by atoms with E-state index < -0.39 is 21.3 Å². The Labute approximate surface area is 158 Å². The summed E-state index contributed by atoms with van der Waals surface area (Å²) in [5, 5.41) is 7.64. The van der Waals surface area contributed by atoms with Crippen molar-refractivity contribution in [3.8, 4) is 0 Å². The van der Waals surface area contributed by atoms with E-state index in [0.29, 0.717) is 17.8 Å². The maximum absolute atomic E-state index is 12.7. The molecule has 0 aromatic heterocycles. The minimum Gasteiger partial charge on any atom is -0.455 e. The third-order valence-electron chi connectivity index (χ3n) is 6.25. The Morgan fingerprint density at radius 1 is 1.11 bits per heavy atom. The number of esters is 1. The molecule has 0 heterocycles. The van der Waals surface area contributed by atoms with Crippen molar-refractivity contribution in [3.05, 3.63) is 24.3 Å². The van der Waals surface area contributed by atoms with Gasteiger partial charge in [-0.05, 0) is 74.5 Å². The number of amides is 1. The van der Waals surface area contributed by atoms with E-state index in [-0.39, 0.29) is 23.2 Å². The van der Waals surface area contributed by atoms with Crippen LogP contribution in [0.15, 0.2) is 29.2 Å². The molecule has 1 aromatic rings. The van der Waals surface area contributed by atoms with Crippen LogP contribution in [0.2, 0.25) is 0 Å².